The Bertz CT molecular complexity index is 650. The molecule has 0 aliphatic heterocycles. The molecule has 2 N–H and O–H groups in total. The van der Waals surface area contributed by atoms with Crippen molar-refractivity contribution in [1.29, 1.82) is 0 Å². The number of hydrogen-bond acceptors (Lipinski definition) is 3. The van der Waals surface area contributed by atoms with Gasteiger partial charge in [0.15, 0.2) is 5.82 Å². The molecule has 1 aromatic carbocycles. The summed E-state index contributed by atoms with van der Waals surface area (Å²) < 4.78 is 0. The summed E-state index contributed by atoms with van der Waals surface area (Å²) >= 11 is 0. The number of aromatic nitrogens is 3. The van der Waals surface area contributed by atoms with Crippen LogP contribution in [0.1, 0.15) is 42.5 Å². The van der Waals surface area contributed by atoms with Crippen molar-refractivity contribution in [2.45, 2.75) is 38.1 Å². The van der Waals surface area contributed by atoms with Crippen LogP contribution in [0.2, 0.25) is 0 Å². The van der Waals surface area contributed by atoms with Crippen molar-refractivity contribution in [3.8, 4) is 11.4 Å². The molecule has 2 aliphatic carbocycles. The van der Waals surface area contributed by atoms with Gasteiger partial charge in [-0.2, -0.15) is 5.10 Å². The van der Waals surface area contributed by atoms with Crippen LogP contribution in [0.4, 0.5) is 0 Å². The van der Waals surface area contributed by atoms with E-state index < -0.39 is 0 Å². The summed E-state index contributed by atoms with van der Waals surface area (Å²) in [6.45, 7) is 0. The number of rotatable bonds is 3. The highest BCUT2D eigenvalue weighted by Crippen LogP contribution is 2.44. The molecule has 1 heterocycles. The summed E-state index contributed by atoms with van der Waals surface area (Å²) in [6.07, 6.45) is 7.85. The summed E-state index contributed by atoms with van der Waals surface area (Å²) in [4.78, 5) is 16.6. The molecule has 0 radical (unpaired) electrons. The monoisotopic (exact) mass is 296 g/mol. The van der Waals surface area contributed by atoms with Gasteiger partial charge in [0.25, 0.3) is 5.91 Å². The minimum atomic E-state index is 0.0432. The highest BCUT2D eigenvalue weighted by Gasteiger charge is 2.39. The van der Waals surface area contributed by atoms with E-state index in [1.54, 1.807) is 0 Å². The molecule has 3 atom stereocenters. The lowest BCUT2D eigenvalue weighted by molar-refractivity contribution is 0.0926. The number of nitrogens with one attached hydrogen (secondary N) is 2. The predicted octanol–water partition coefficient (Wildman–Crippen LogP) is 2.78. The first-order valence-corrected chi connectivity index (χ1v) is 8.08. The Balaban J connectivity index is 1.44. The molecule has 2 fully saturated rings. The van der Waals surface area contributed by atoms with Gasteiger partial charge in [-0.25, -0.2) is 4.98 Å². The molecule has 0 saturated heterocycles. The maximum absolute atomic E-state index is 12.4. The zero-order valence-corrected chi connectivity index (χ0v) is 12.5. The van der Waals surface area contributed by atoms with Crippen molar-refractivity contribution < 1.29 is 4.79 Å². The third kappa shape index (κ3) is 2.40. The van der Waals surface area contributed by atoms with E-state index in [0.717, 1.165) is 23.7 Å². The molecule has 0 bridgehead atoms. The second-order valence-corrected chi connectivity index (χ2v) is 6.42. The number of nitrogens with zero attached hydrogens (tertiary/aromatic N) is 2. The van der Waals surface area contributed by atoms with Crippen molar-refractivity contribution >= 4 is 5.91 Å². The standard InChI is InChI=1S/C17H20N4O/c22-17(20-15-9-8-11-2-1-3-14(11)15)13-6-4-12(5-7-13)16-18-10-19-21-16/h4-7,10-11,14-15H,1-3,8-9H2,(H,20,22)(H,18,19,21)/t11-,14-,15-/m1/s1. The Kier molecular flexibility index (Phi) is 3.41. The summed E-state index contributed by atoms with van der Waals surface area (Å²) in [7, 11) is 0. The Hall–Kier alpha value is -2.17. The van der Waals surface area contributed by atoms with Gasteiger partial charge in [0, 0.05) is 17.2 Å². The minimum absolute atomic E-state index is 0.0432. The highest BCUT2D eigenvalue weighted by atomic mass is 16.1. The van der Waals surface area contributed by atoms with E-state index in [4.69, 9.17) is 0 Å². The second kappa shape index (κ2) is 5.55. The van der Waals surface area contributed by atoms with Gasteiger partial charge in [0.05, 0.1) is 0 Å². The number of fused-ring (bicyclic) bond motifs is 1. The van der Waals surface area contributed by atoms with Gasteiger partial charge in [-0.15, -0.1) is 0 Å². The number of hydrogen-bond donors (Lipinski definition) is 2. The van der Waals surface area contributed by atoms with E-state index in [-0.39, 0.29) is 5.91 Å². The number of benzene rings is 1. The smallest absolute Gasteiger partial charge is 0.251 e. The average Bonchev–Trinajstić information content (AvgIpc) is 3.27. The third-order valence-electron chi connectivity index (χ3n) is 5.24. The van der Waals surface area contributed by atoms with Crippen LogP contribution in [-0.4, -0.2) is 27.1 Å². The Labute approximate surface area is 129 Å². The van der Waals surface area contributed by atoms with Crippen LogP contribution < -0.4 is 5.32 Å². The average molecular weight is 296 g/mol. The third-order valence-corrected chi connectivity index (χ3v) is 5.24. The molecule has 2 saturated carbocycles. The Morgan fingerprint density at radius 2 is 2.00 bits per heavy atom. The van der Waals surface area contributed by atoms with E-state index in [1.807, 2.05) is 24.3 Å². The molecule has 4 rings (SSSR count). The fourth-order valence-electron chi connectivity index (χ4n) is 4.12. The lowest BCUT2D eigenvalue weighted by atomic mass is 9.97. The maximum Gasteiger partial charge on any atom is 0.251 e. The Morgan fingerprint density at radius 1 is 1.14 bits per heavy atom. The van der Waals surface area contributed by atoms with Gasteiger partial charge in [-0.05, 0) is 43.2 Å². The Morgan fingerprint density at radius 3 is 2.77 bits per heavy atom. The molecular weight excluding hydrogens is 276 g/mol. The van der Waals surface area contributed by atoms with Gasteiger partial charge in [0.2, 0.25) is 0 Å². The van der Waals surface area contributed by atoms with Crippen LogP contribution in [0.15, 0.2) is 30.6 Å². The van der Waals surface area contributed by atoms with Gasteiger partial charge in [-0.1, -0.05) is 25.0 Å². The molecule has 5 nitrogen and oxygen atoms in total. The van der Waals surface area contributed by atoms with Crippen LogP contribution in [0, 0.1) is 11.8 Å². The van der Waals surface area contributed by atoms with Crippen molar-refractivity contribution in [3.63, 3.8) is 0 Å². The van der Waals surface area contributed by atoms with Crippen molar-refractivity contribution in [2.24, 2.45) is 11.8 Å². The molecule has 5 heteroatoms. The minimum Gasteiger partial charge on any atom is -0.349 e. The van der Waals surface area contributed by atoms with Gasteiger partial charge >= 0.3 is 0 Å². The first-order chi connectivity index (χ1) is 10.8. The van der Waals surface area contributed by atoms with Crippen LogP contribution in [-0.2, 0) is 0 Å². The normalized spacial score (nSPS) is 26.8. The van der Waals surface area contributed by atoms with E-state index in [0.29, 0.717) is 17.5 Å². The summed E-state index contributed by atoms with van der Waals surface area (Å²) in [5.41, 5.74) is 1.65. The molecule has 2 aromatic rings. The van der Waals surface area contributed by atoms with Crippen LogP contribution >= 0.6 is 0 Å². The fourth-order valence-corrected chi connectivity index (χ4v) is 4.12. The van der Waals surface area contributed by atoms with E-state index in [1.165, 1.54) is 32.0 Å². The zero-order valence-electron chi connectivity index (χ0n) is 12.5. The quantitative estimate of drug-likeness (QED) is 0.915. The predicted molar refractivity (Wildman–Crippen MR) is 83.1 cm³/mol. The lowest BCUT2D eigenvalue weighted by Crippen LogP contribution is -2.37. The topological polar surface area (TPSA) is 70.7 Å². The number of amides is 1. The zero-order chi connectivity index (χ0) is 14.9. The van der Waals surface area contributed by atoms with Crippen LogP contribution in [0.25, 0.3) is 11.4 Å². The van der Waals surface area contributed by atoms with Crippen LogP contribution in [0.3, 0.4) is 0 Å². The van der Waals surface area contributed by atoms with Crippen LogP contribution in [0.5, 0.6) is 0 Å². The summed E-state index contributed by atoms with van der Waals surface area (Å²) in [5.74, 6) is 2.31. The molecule has 0 spiro atoms. The SMILES string of the molecule is O=C(N[C@@H]1CC[C@H]2CCC[C@H]21)c1ccc(-c2ncn[nH]2)cc1. The van der Waals surface area contributed by atoms with E-state index in [9.17, 15) is 4.79 Å². The second-order valence-electron chi connectivity index (χ2n) is 6.42. The fraction of sp³-hybridized carbons (Fsp3) is 0.471. The van der Waals surface area contributed by atoms with Crippen molar-refractivity contribution in [2.75, 3.05) is 0 Å². The van der Waals surface area contributed by atoms with E-state index in [2.05, 4.69) is 20.5 Å². The maximum atomic E-state index is 12.4. The van der Waals surface area contributed by atoms with E-state index >= 15 is 0 Å². The molecule has 0 unspecified atom stereocenters. The van der Waals surface area contributed by atoms with Gasteiger partial charge < -0.3 is 5.32 Å². The number of carbonyl (C=O) groups is 1. The molecule has 22 heavy (non-hydrogen) atoms. The molecule has 1 amide bonds. The number of carbonyl (C=O) groups excluding carboxylic acids is 1. The number of aromatic amines is 1. The van der Waals surface area contributed by atoms with Gasteiger partial charge in [-0.3, -0.25) is 9.89 Å². The first-order valence-electron chi connectivity index (χ1n) is 8.08. The largest absolute Gasteiger partial charge is 0.349 e. The number of H-pyrrole nitrogens is 1. The molecular formula is C17H20N4O. The highest BCUT2D eigenvalue weighted by molar-refractivity contribution is 5.94. The molecule has 2 aliphatic rings. The van der Waals surface area contributed by atoms with Crippen molar-refractivity contribution in [3.05, 3.63) is 36.2 Å². The van der Waals surface area contributed by atoms with Crippen molar-refractivity contribution in [1.82, 2.24) is 20.5 Å². The molecule has 1 aromatic heterocycles. The van der Waals surface area contributed by atoms with Gasteiger partial charge in [0.1, 0.15) is 6.33 Å². The molecule has 114 valence electrons. The summed E-state index contributed by atoms with van der Waals surface area (Å²) in [5, 5.41) is 9.91. The lowest BCUT2D eigenvalue weighted by Gasteiger charge is -2.20. The first kappa shape index (κ1) is 13.5. The summed E-state index contributed by atoms with van der Waals surface area (Å²) in [6, 6.07) is 7.89.